The molecule has 1 amide bonds. The molecule has 0 spiro atoms. The van der Waals surface area contributed by atoms with E-state index in [1.165, 1.54) is 12.1 Å². The summed E-state index contributed by atoms with van der Waals surface area (Å²) in [4.78, 5) is 14.8. The number of halogens is 1. The van der Waals surface area contributed by atoms with Crippen LogP contribution in [0.25, 0.3) is 0 Å². The summed E-state index contributed by atoms with van der Waals surface area (Å²) in [5, 5.41) is 9.40. The quantitative estimate of drug-likeness (QED) is 0.330. The minimum absolute atomic E-state index is 0.0309. The standard InChI is InChI=1S/C23H25BrN2O5S/c1-2-3-16-31-20-6-4-5-7-21(20)32(29,30)23(22(27)25-28)12-14-26(15-13-23)17-18-8-10-19(24)11-9-18/h4-11,28H,12-17H2,1H3,(H,25,27). The van der Waals surface area contributed by atoms with Crippen LogP contribution in [0.3, 0.4) is 0 Å². The molecule has 0 saturated carbocycles. The SMILES string of the molecule is CC#CCOc1ccccc1S(=O)(=O)C1(C(=O)NO)CCN(Cc2ccc(Br)cc2)CC1. The zero-order valence-corrected chi connectivity index (χ0v) is 20.1. The van der Waals surface area contributed by atoms with Crippen molar-refractivity contribution in [2.45, 2.75) is 36.0 Å². The predicted octanol–water partition coefficient (Wildman–Crippen LogP) is 3.17. The normalized spacial score (nSPS) is 16.0. The van der Waals surface area contributed by atoms with Crippen LogP contribution in [0.15, 0.2) is 57.9 Å². The third-order valence-corrected chi connectivity index (χ3v) is 8.70. The fourth-order valence-corrected chi connectivity index (χ4v) is 6.17. The molecule has 1 aliphatic rings. The number of nitrogens with one attached hydrogen (secondary N) is 1. The van der Waals surface area contributed by atoms with E-state index in [0.29, 0.717) is 19.6 Å². The van der Waals surface area contributed by atoms with Gasteiger partial charge in [0.05, 0.1) is 0 Å². The minimum Gasteiger partial charge on any atom is -0.480 e. The first-order valence-electron chi connectivity index (χ1n) is 10.1. The van der Waals surface area contributed by atoms with Crippen LogP contribution in [0.5, 0.6) is 5.75 Å². The van der Waals surface area contributed by atoms with Gasteiger partial charge in [0, 0.05) is 24.1 Å². The molecule has 32 heavy (non-hydrogen) atoms. The van der Waals surface area contributed by atoms with Crippen LogP contribution >= 0.6 is 15.9 Å². The van der Waals surface area contributed by atoms with Crippen LogP contribution in [0, 0.1) is 11.8 Å². The fraction of sp³-hybridized carbons (Fsp3) is 0.348. The second kappa shape index (κ2) is 10.5. The second-order valence-corrected chi connectivity index (χ2v) is 10.6. The molecule has 0 unspecified atom stereocenters. The Bertz CT molecular complexity index is 1120. The maximum Gasteiger partial charge on any atom is 0.265 e. The Morgan fingerprint density at radius 3 is 2.47 bits per heavy atom. The lowest BCUT2D eigenvalue weighted by molar-refractivity contribution is -0.133. The molecule has 9 heteroatoms. The summed E-state index contributed by atoms with van der Waals surface area (Å²) in [5.41, 5.74) is 2.68. The molecule has 0 atom stereocenters. The lowest BCUT2D eigenvalue weighted by Gasteiger charge is -2.39. The number of hydrogen-bond donors (Lipinski definition) is 2. The van der Waals surface area contributed by atoms with Crippen molar-refractivity contribution in [3.05, 3.63) is 58.6 Å². The summed E-state index contributed by atoms with van der Waals surface area (Å²) >= 11 is 3.41. The van der Waals surface area contributed by atoms with E-state index in [9.17, 15) is 18.4 Å². The Labute approximate surface area is 196 Å². The number of rotatable bonds is 7. The van der Waals surface area contributed by atoms with Gasteiger partial charge in [0.2, 0.25) is 0 Å². The monoisotopic (exact) mass is 520 g/mol. The topological polar surface area (TPSA) is 95.9 Å². The lowest BCUT2D eigenvalue weighted by atomic mass is 9.94. The van der Waals surface area contributed by atoms with Crippen molar-refractivity contribution in [3.8, 4) is 17.6 Å². The molecule has 1 saturated heterocycles. The molecular weight excluding hydrogens is 496 g/mol. The number of amides is 1. The van der Waals surface area contributed by atoms with Crippen molar-refractivity contribution < 1.29 is 23.2 Å². The van der Waals surface area contributed by atoms with Gasteiger partial charge in [0.25, 0.3) is 5.91 Å². The van der Waals surface area contributed by atoms with Crippen molar-refractivity contribution in [2.75, 3.05) is 19.7 Å². The van der Waals surface area contributed by atoms with Crippen LogP contribution in [0.2, 0.25) is 0 Å². The number of hydrogen-bond acceptors (Lipinski definition) is 6. The van der Waals surface area contributed by atoms with Crippen molar-refractivity contribution in [3.63, 3.8) is 0 Å². The summed E-state index contributed by atoms with van der Waals surface area (Å²) in [6.45, 7) is 3.09. The Hall–Kier alpha value is -2.38. The number of carbonyl (C=O) groups excluding carboxylic acids is 1. The van der Waals surface area contributed by atoms with Gasteiger partial charge < -0.3 is 4.74 Å². The average Bonchev–Trinajstić information content (AvgIpc) is 2.81. The molecule has 0 bridgehead atoms. The number of hydroxylamine groups is 1. The Morgan fingerprint density at radius 1 is 1.19 bits per heavy atom. The maximum absolute atomic E-state index is 13.8. The van der Waals surface area contributed by atoms with Crippen LogP contribution in [-0.2, 0) is 21.2 Å². The summed E-state index contributed by atoms with van der Waals surface area (Å²) in [5.74, 6) is 4.64. The molecule has 7 nitrogen and oxygen atoms in total. The van der Waals surface area contributed by atoms with Gasteiger partial charge in [0.1, 0.15) is 17.3 Å². The van der Waals surface area contributed by atoms with E-state index in [0.717, 1.165) is 10.0 Å². The van der Waals surface area contributed by atoms with Crippen LogP contribution in [0.1, 0.15) is 25.3 Å². The third kappa shape index (κ3) is 4.99. The maximum atomic E-state index is 13.8. The van der Waals surface area contributed by atoms with Crippen molar-refractivity contribution in [2.24, 2.45) is 0 Å². The molecule has 2 aromatic rings. The molecule has 1 fully saturated rings. The van der Waals surface area contributed by atoms with Gasteiger partial charge in [-0.05, 0) is 49.6 Å². The van der Waals surface area contributed by atoms with Crippen LogP contribution in [-0.4, -0.2) is 48.9 Å². The molecule has 3 rings (SSSR count). The average molecular weight is 521 g/mol. The van der Waals surface area contributed by atoms with Gasteiger partial charge in [-0.3, -0.25) is 14.9 Å². The highest BCUT2D eigenvalue weighted by Crippen LogP contribution is 2.39. The Balaban J connectivity index is 1.87. The highest BCUT2D eigenvalue weighted by atomic mass is 79.9. The van der Waals surface area contributed by atoms with E-state index in [-0.39, 0.29) is 30.1 Å². The fourth-order valence-electron chi connectivity index (χ4n) is 3.83. The highest BCUT2D eigenvalue weighted by molar-refractivity contribution is 9.10. The van der Waals surface area contributed by atoms with E-state index >= 15 is 0 Å². The molecular formula is C23H25BrN2O5S. The second-order valence-electron chi connectivity index (χ2n) is 7.50. The van der Waals surface area contributed by atoms with Gasteiger partial charge in [-0.25, -0.2) is 13.9 Å². The summed E-state index contributed by atoms with van der Waals surface area (Å²) in [6, 6.07) is 14.1. The van der Waals surface area contributed by atoms with Gasteiger partial charge in [-0.2, -0.15) is 0 Å². The first kappa shape index (κ1) is 24.3. The minimum atomic E-state index is -4.18. The number of ether oxygens (including phenoxy) is 1. The molecule has 1 heterocycles. The molecule has 0 aliphatic carbocycles. The van der Waals surface area contributed by atoms with Crippen molar-refractivity contribution in [1.82, 2.24) is 10.4 Å². The van der Waals surface area contributed by atoms with Crippen molar-refractivity contribution >= 4 is 31.7 Å². The molecule has 1 aliphatic heterocycles. The first-order chi connectivity index (χ1) is 15.3. The van der Waals surface area contributed by atoms with E-state index in [2.05, 4.69) is 32.7 Å². The molecule has 0 radical (unpaired) electrons. The largest absolute Gasteiger partial charge is 0.480 e. The molecule has 2 aromatic carbocycles. The smallest absolute Gasteiger partial charge is 0.265 e. The number of carbonyl (C=O) groups is 1. The zero-order valence-electron chi connectivity index (χ0n) is 17.7. The Morgan fingerprint density at radius 2 is 1.84 bits per heavy atom. The summed E-state index contributed by atoms with van der Waals surface area (Å²) < 4.78 is 32.3. The lowest BCUT2D eigenvalue weighted by Crippen LogP contribution is -2.57. The third-order valence-electron chi connectivity index (χ3n) is 5.63. The van der Waals surface area contributed by atoms with Gasteiger partial charge in [0.15, 0.2) is 14.6 Å². The zero-order chi connectivity index (χ0) is 23.2. The molecule has 2 N–H and O–H groups in total. The number of sulfone groups is 1. The number of likely N-dealkylation sites (tertiary alicyclic amines) is 1. The van der Waals surface area contributed by atoms with Crippen LogP contribution in [0.4, 0.5) is 0 Å². The van der Waals surface area contributed by atoms with Crippen LogP contribution < -0.4 is 10.2 Å². The predicted molar refractivity (Wildman–Crippen MR) is 124 cm³/mol. The highest BCUT2D eigenvalue weighted by Gasteiger charge is 2.53. The summed E-state index contributed by atoms with van der Waals surface area (Å²) in [6.07, 6.45) is 0.0860. The van der Waals surface area contributed by atoms with Gasteiger partial charge in [-0.1, -0.05) is 46.1 Å². The number of piperidine rings is 1. The number of benzene rings is 2. The molecule has 0 aromatic heterocycles. The van der Waals surface area contributed by atoms with E-state index < -0.39 is 20.5 Å². The van der Waals surface area contributed by atoms with Gasteiger partial charge in [-0.15, -0.1) is 5.92 Å². The van der Waals surface area contributed by atoms with E-state index in [1.54, 1.807) is 24.5 Å². The summed E-state index contributed by atoms with van der Waals surface area (Å²) in [7, 11) is -4.18. The van der Waals surface area contributed by atoms with Gasteiger partial charge >= 0.3 is 0 Å². The Kier molecular flexibility index (Phi) is 7.96. The molecule has 170 valence electrons. The van der Waals surface area contributed by atoms with Crippen molar-refractivity contribution in [1.29, 1.82) is 0 Å². The van der Waals surface area contributed by atoms with E-state index in [4.69, 9.17) is 4.74 Å². The van der Waals surface area contributed by atoms with E-state index in [1.807, 2.05) is 24.3 Å². The number of nitrogens with zero attached hydrogens (tertiary/aromatic N) is 1. The number of para-hydroxylation sites is 1. The first-order valence-corrected chi connectivity index (χ1v) is 12.4.